The summed E-state index contributed by atoms with van der Waals surface area (Å²) >= 11 is 1.25. The molecular formula is C14H17N3O2S. The predicted molar refractivity (Wildman–Crippen MR) is 80.7 cm³/mol. The maximum absolute atomic E-state index is 12.0. The molecule has 0 aromatic heterocycles. The van der Waals surface area contributed by atoms with Gasteiger partial charge in [0.15, 0.2) is 5.17 Å². The van der Waals surface area contributed by atoms with E-state index >= 15 is 0 Å². The maximum atomic E-state index is 12.0. The van der Waals surface area contributed by atoms with Crippen LogP contribution in [0.1, 0.15) is 22.6 Å². The minimum Gasteiger partial charge on any atom is -0.369 e. The van der Waals surface area contributed by atoms with Crippen LogP contribution >= 0.6 is 11.8 Å². The number of nitrogens with one attached hydrogen (secondary N) is 1. The van der Waals surface area contributed by atoms with E-state index in [9.17, 15) is 9.59 Å². The van der Waals surface area contributed by atoms with Crippen LogP contribution in [0.2, 0.25) is 0 Å². The standard InChI is InChI=1S/C14H17N3O2S/c1-7-4-5-9(8(2)6-7)10(12(15)18)11-13(19)17-14(16-3)20-11/h4-6,10-11H,1-3H3,(H2,15,18)(H,16,17,19). The van der Waals surface area contributed by atoms with Gasteiger partial charge >= 0.3 is 0 Å². The van der Waals surface area contributed by atoms with E-state index < -0.39 is 17.1 Å². The Labute approximate surface area is 122 Å². The normalized spacial score (nSPS) is 21.9. The monoisotopic (exact) mass is 291 g/mol. The van der Waals surface area contributed by atoms with Gasteiger partial charge in [0.2, 0.25) is 11.8 Å². The number of aliphatic imine (C=N–C) groups is 1. The van der Waals surface area contributed by atoms with Gasteiger partial charge < -0.3 is 11.1 Å². The van der Waals surface area contributed by atoms with Crippen LogP contribution in [0.25, 0.3) is 0 Å². The van der Waals surface area contributed by atoms with E-state index in [4.69, 9.17) is 5.73 Å². The molecule has 2 atom stereocenters. The highest BCUT2D eigenvalue weighted by atomic mass is 32.2. The average Bonchev–Trinajstić information content (AvgIpc) is 2.73. The Morgan fingerprint density at radius 1 is 1.45 bits per heavy atom. The van der Waals surface area contributed by atoms with Crippen molar-refractivity contribution in [1.82, 2.24) is 5.32 Å². The van der Waals surface area contributed by atoms with Gasteiger partial charge in [-0.15, -0.1) is 0 Å². The number of primary amides is 1. The molecule has 1 aliphatic heterocycles. The fourth-order valence-corrected chi connectivity index (χ4v) is 3.44. The molecule has 0 bridgehead atoms. The number of hydrogen-bond donors (Lipinski definition) is 2. The fraction of sp³-hybridized carbons (Fsp3) is 0.357. The van der Waals surface area contributed by atoms with Crippen molar-refractivity contribution in [3.8, 4) is 0 Å². The van der Waals surface area contributed by atoms with Gasteiger partial charge in [0.1, 0.15) is 5.25 Å². The number of amides is 2. The summed E-state index contributed by atoms with van der Waals surface area (Å²) in [7, 11) is 1.60. The summed E-state index contributed by atoms with van der Waals surface area (Å²) in [6.45, 7) is 3.90. The molecule has 106 valence electrons. The number of rotatable bonds is 3. The first-order valence-corrected chi connectivity index (χ1v) is 7.12. The van der Waals surface area contributed by atoms with E-state index in [-0.39, 0.29) is 5.91 Å². The first kappa shape index (κ1) is 14.6. The van der Waals surface area contributed by atoms with Crippen LogP contribution in [0.4, 0.5) is 0 Å². The number of thioether (sulfide) groups is 1. The van der Waals surface area contributed by atoms with E-state index in [0.717, 1.165) is 16.7 Å². The number of carbonyl (C=O) groups excluding carboxylic acids is 2. The summed E-state index contributed by atoms with van der Waals surface area (Å²) in [5.74, 6) is -1.37. The summed E-state index contributed by atoms with van der Waals surface area (Å²) in [5, 5.41) is 2.62. The Bertz CT molecular complexity index is 598. The van der Waals surface area contributed by atoms with E-state index in [1.165, 1.54) is 11.8 Å². The fourth-order valence-electron chi connectivity index (χ4n) is 2.35. The van der Waals surface area contributed by atoms with Crippen molar-refractivity contribution in [1.29, 1.82) is 0 Å². The lowest BCUT2D eigenvalue weighted by molar-refractivity contribution is -0.124. The zero-order valence-corrected chi connectivity index (χ0v) is 12.5. The molecule has 1 aromatic carbocycles. The van der Waals surface area contributed by atoms with Crippen molar-refractivity contribution in [2.45, 2.75) is 25.0 Å². The highest BCUT2D eigenvalue weighted by molar-refractivity contribution is 8.15. The Morgan fingerprint density at radius 3 is 2.65 bits per heavy atom. The molecule has 5 nitrogen and oxygen atoms in total. The lowest BCUT2D eigenvalue weighted by atomic mass is 9.90. The molecule has 6 heteroatoms. The van der Waals surface area contributed by atoms with Gasteiger partial charge in [0.05, 0.1) is 5.92 Å². The summed E-state index contributed by atoms with van der Waals surface area (Å²) < 4.78 is 0. The first-order chi connectivity index (χ1) is 9.43. The molecule has 1 heterocycles. The molecule has 2 amide bonds. The van der Waals surface area contributed by atoms with E-state index in [1.54, 1.807) is 7.05 Å². The van der Waals surface area contributed by atoms with Crippen molar-refractivity contribution < 1.29 is 9.59 Å². The van der Waals surface area contributed by atoms with Crippen molar-refractivity contribution in [3.63, 3.8) is 0 Å². The number of carbonyl (C=O) groups is 2. The SMILES string of the molecule is CN=C1NC(=O)C(C(C(N)=O)c2ccc(C)cc2C)S1. The summed E-state index contributed by atoms with van der Waals surface area (Å²) in [6.07, 6.45) is 0. The van der Waals surface area contributed by atoms with Crippen LogP contribution in [-0.4, -0.2) is 29.3 Å². The van der Waals surface area contributed by atoms with Crippen LogP contribution < -0.4 is 11.1 Å². The zero-order chi connectivity index (χ0) is 14.9. The van der Waals surface area contributed by atoms with E-state index in [1.807, 2.05) is 32.0 Å². The third-order valence-corrected chi connectivity index (χ3v) is 4.55. The van der Waals surface area contributed by atoms with E-state index in [0.29, 0.717) is 5.17 Å². The van der Waals surface area contributed by atoms with Gasteiger partial charge in [-0.25, -0.2) is 0 Å². The quantitative estimate of drug-likeness (QED) is 0.874. The lowest BCUT2D eigenvalue weighted by Gasteiger charge is -2.20. The Hall–Kier alpha value is -1.82. The Balaban J connectivity index is 2.42. The topological polar surface area (TPSA) is 84.6 Å². The molecule has 0 aliphatic carbocycles. The minimum absolute atomic E-state index is 0.223. The van der Waals surface area contributed by atoms with Crippen LogP contribution in [0.15, 0.2) is 23.2 Å². The zero-order valence-electron chi connectivity index (χ0n) is 11.6. The van der Waals surface area contributed by atoms with Crippen molar-refractivity contribution in [2.24, 2.45) is 10.7 Å². The minimum atomic E-state index is -0.653. The molecule has 2 rings (SSSR count). The molecular weight excluding hydrogens is 274 g/mol. The highest BCUT2D eigenvalue weighted by Gasteiger charge is 2.40. The first-order valence-electron chi connectivity index (χ1n) is 6.24. The van der Waals surface area contributed by atoms with Crippen LogP contribution in [0.3, 0.4) is 0 Å². The van der Waals surface area contributed by atoms with Gasteiger partial charge in [0, 0.05) is 7.05 Å². The van der Waals surface area contributed by atoms with Crippen molar-refractivity contribution in [2.75, 3.05) is 7.05 Å². The smallest absolute Gasteiger partial charge is 0.240 e. The van der Waals surface area contributed by atoms with E-state index in [2.05, 4.69) is 10.3 Å². The predicted octanol–water partition coefficient (Wildman–Crippen LogP) is 1.09. The molecule has 0 spiro atoms. The third kappa shape index (κ3) is 2.70. The van der Waals surface area contributed by atoms with Crippen LogP contribution in [0.5, 0.6) is 0 Å². The molecule has 20 heavy (non-hydrogen) atoms. The summed E-state index contributed by atoms with van der Waals surface area (Å²) in [5.41, 5.74) is 8.40. The highest BCUT2D eigenvalue weighted by Crippen LogP contribution is 2.34. The Kier molecular flexibility index (Phi) is 4.13. The maximum Gasteiger partial charge on any atom is 0.240 e. The van der Waals surface area contributed by atoms with Crippen LogP contribution in [-0.2, 0) is 9.59 Å². The molecule has 1 aliphatic rings. The molecule has 1 fully saturated rings. The number of aryl methyl sites for hydroxylation is 2. The van der Waals surface area contributed by atoms with Crippen molar-refractivity contribution >= 4 is 28.7 Å². The van der Waals surface area contributed by atoms with Gasteiger partial charge in [-0.2, -0.15) is 0 Å². The second-order valence-electron chi connectivity index (χ2n) is 4.80. The number of benzene rings is 1. The number of amidine groups is 1. The number of nitrogens with zero attached hydrogens (tertiary/aromatic N) is 1. The van der Waals surface area contributed by atoms with Gasteiger partial charge in [-0.1, -0.05) is 35.5 Å². The van der Waals surface area contributed by atoms with Crippen molar-refractivity contribution in [3.05, 3.63) is 34.9 Å². The summed E-state index contributed by atoms with van der Waals surface area (Å²) in [6, 6.07) is 5.78. The Morgan fingerprint density at radius 2 is 2.15 bits per heavy atom. The lowest BCUT2D eigenvalue weighted by Crippen LogP contribution is -2.36. The largest absolute Gasteiger partial charge is 0.369 e. The molecule has 2 unspecified atom stereocenters. The molecule has 1 saturated heterocycles. The number of hydrogen-bond acceptors (Lipinski definition) is 4. The summed E-state index contributed by atoms with van der Waals surface area (Å²) in [4.78, 5) is 27.8. The average molecular weight is 291 g/mol. The van der Waals surface area contributed by atoms with Gasteiger partial charge in [-0.05, 0) is 25.0 Å². The molecule has 1 aromatic rings. The second kappa shape index (κ2) is 5.66. The van der Waals surface area contributed by atoms with Gasteiger partial charge in [-0.3, -0.25) is 14.6 Å². The number of nitrogens with two attached hydrogens (primary N) is 1. The van der Waals surface area contributed by atoms with Crippen LogP contribution in [0, 0.1) is 13.8 Å². The molecule has 0 saturated carbocycles. The molecule has 0 radical (unpaired) electrons. The molecule has 3 N–H and O–H groups in total. The third-order valence-electron chi connectivity index (χ3n) is 3.30. The van der Waals surface area contributed by atoms with Gasteiger partial charge in [0.25, 0.3) is 0 Å². The second-order valence-corrected chi connectivity index (χ2v) is 5.93.